The number of hydrogen-bond donors (Lipinski definition) is 1. The molecule has 1 heterocycles. The second kappa shape index (κ2) is 5.14. The second-order valence-corrected chi connectivity index (χ2v) is 5.41. The van der Waals surface area contributed by atoms with Crippen LogP contribution in [0.3, 0.4) is 0 Å². The van der Waals surface area contributed by atoms with Crippen LogP contribution in [0, 0.1) is 6.92 Å². The summed E-state index contributed by atoms with van der Waals surface area (Å²) in [6, 6.07) is 13.5. The first-order chi connectivity index (χ1) is 9.28. The minimum atomic E-state index is 0.395. The Labute approximate surface area is 114 Å². The molecule has 0 fully saturated rings. The normalized spacial score (nSPS) is 18.5. The van der Waals surface area contributed by atoms with Crippen LogP contribution in [0.5, 0.6) is 0 Å². The molecule has 0 saturated heterocycles. The van der Waals surface area contributed by atoms with Crippen molar-refractivity contribution in [1.29, 1.82) is 0 Å². The Kier molecular flexibility index (Phi) is 3.34. The monoisotopic (exact) mass is 252 g/mol. The maximum absolute atomic E-state index is 4.40. The Balaban J connectivity index is 1.73. The first-order valence-electron chi connectivity index (χ1n) is 6.95. The molecule has 0 bridgehead atoms. The molecule has 1 aromatic carbocycles. The van der Waals surface area contributed by atoms with Crippen LogP contribution in [0.2, 0.25) is 0 Å². The molecule has 1 aliphatic carbocycles. The van der Waals surface area contributed by atoms with Gasteiger partial charge in [-0.3, -0.25) is 4.98 Å². The summed E-state index contributed by atoms with van der Waals surface area (Å²) in [5.41, 5.74) is 5.41. The van der Waals surface area contributed by atoms with Crippen molar-refractivity contribution in [2.75, 3.05) is 7.05 Å². The summed E-state index contributed by atoms with van der Waals surface area (Å²) in [6.45, 7) is 2.03. The zero-order valence-electron chi connectivity index (χ0n) is 11.6. The highest BCUT2D eigenvalue weighted by Gasteiger charge is 2.28. The maximum Gasteiger partial charge on any atom is 0.0372 e. The summed E-state index contributed by atoms with van der Waals surface area (Å²) in [5.74, 6) is 0.690. The molecule has 1 N–H and O–H groups in total. The van der Waals surface area contributed by atoms with Crippen molar-refractivity contribution in [3.8, 4) is 0 Å². The van der Waals surface area contributed by atoms with Gasteiger partial charge in [0, 0.05) is 17.9 Å². The van der Waals surface area contributed by atoms with Crippen LogP contribution < -0.4 is 5.32 Å². The summed E-state index contributed by atoms with van der Waals surface area (Å²) < 4.78 is 0. The Morgan fingerprint density at radius 3 is 2.79 bits per heavy atom. The average Bonchev–Trinajstić information content (AvgIpc) is 2.42. The van der Waals surface area contributed by atoms with E-state index in [-0.39, 0.29) is 0 Å². The van der Waals surface area contributed by atoms with Crippen LogP contribution in [0.4, 0.5) is 0 Å². The van der Waals surface area contributed by atoms with Crippen molar-refractivity contribution in [2.45, 2.75) is 31.7 Å². The van der Waals surface area contributed by atoms with E-state index < -0.39 is 0 Å². The highest BCUT2D eigenvalue weighted by Crippen LogP contribution is 2.40. The topological polar surface area (TPSA) is 24.9 Å². The lowest BCUT2D eigenvalue weighted by molar-refractivity contribution is 0.451. The molecular formula is C17H20N2. The van der Waals surface area contributed by atoms with E-state index in [1.807, 2.05) is 20.2 Å². The molecule has 2 unspecified atom stereocenters. The van der Waals surface area contributed by atoms with Crippen molar-refractivity contribution in [2.24, 2.45) is 0 Å². The molecule has 19 heavy (non-hydrogen) atoms. The molecule has 2 atom stereocenters. The molecule has 0 spiro atoms. The molecule has 0 saturated carbocycles. The van der Waals surface area contributed by atoms with Gasteiger partial charge in [0.1, 0.15) is 0 Å². The Bertz CT molecular complexity index is 560. The molecule has 2 heteroatoms. The minimum absolute atomic E-state index is 0.395. The third-order valence-electron chi connectivity index (χ3n) is 4.17. The summed E-state index contributed by atoms with van der Waals surface area (Å²) >= 11 is 0. The molecule has 1 aliphatic rings. The third-order valence-corrected chi connectivity index (χ3v) is 4.17. The van der Waals surface area contributed by atoms with E-state index in [0.29, 0.717) is 12.0 Å². The van der Waals surface area contributed by atoms with E-state index >= 15 is 0 Å². The van der Waals surface area contributed by atoms with Crippen LogP contribution in [-0.4, -0.2) is 12.0 Å². The van der Waals surface area contributed by atoms with Crippen LogP contribution >= 0.6 is 0 Å². The maximum atomic E-state index is 4.40. The van der Waals surface area contributed by atoms with Crippen LogP contribution in [0.15, 0.2) is 42.6 Å². The fraction of sp³-hybridized carbons (Fsp3) is 0.353. The molecule has 0 radical (unpaired) electrons. The molecule has 2 nitrogen and oxygen atoms in total. The third kappa shape index (κ3) is 2.41. The highest BCUT2D eigenvalue weighted by atomic mass is 14.9. The van der Waals surface area contributed by atoms with E-state index in [4.69, 9.17) is 0 Å². The molecule has 0 aliphatic heterocycles. The van der Waals surface area contributed by atoms with Gasteiger partial charge in [-0.2, -0.15) is 0 Å². The number of rotatable bonds is 4. The Hall–Kier alpha value is -1.67. The van der Waals surface area contributed by atoms with E-state index in [1.165, 1.54) is 23.1 Å². The van der Waals surface area contributed by atoms with Gasteiger partial charge < -0.3 is 5.32 Å². The van der Waals surface area contributed by atoms with Gasteiger partial charge >= 0.3 is 0 Å². The molecule has 0 amide bonds. The molecule has 2 aromatic rings. The van der Waals surface area contributed by atoms with E-state index in [0.717, 1.165) is 12.1 Å². The lowest BCUT2D eigenvalue weighted by atomic mass is 9.74. The van der Waals surface area contributed by atoms with Gasteiger partial charge in [-0.1, -0.05) is 30.3 Å². The minimum Gasteiger partial charge on any atom is -0.313 e. The van der Waals surface area contributed by atoms with E-state index in [1.54, 1.807) is 0 Å². The molecule has 98 valence electrons. The molecular weight excluding hydrogens is 232 g/mol. The smallest absolute Gasteiger partial charge is 0.0372 e. The Morgan fingerprint density at radius 1 is 1.26 bits per heavy atom. The van der Waals surface area contributed by atoms with Gasteiger partial charge in [0.25, 0.3) is 0 Å². The number of benzene rings is 1. The first-order valence-corrected chi connectivity index (χ1v) is 6.95. The number of nitrogens with zero attached hydrogens (tertiary/aromatic N) is 1. The van der Waals surface area contributed by atoms with Crippen LogP contribution in [0.25, 0.3) is 0 Å². The Morgan fingerprint density at radius 2 is 2.11 bits per heavy atom. The number of aromatic nitrogens is 1. The lowest BCUT2D eigenvalue weighted by Gasteiger charge is -2.33. The zero-order valence-corrected chi connectivity index (χ0v) is 11.6. The lowest BCUT2D eigenvalue weighted by Crippen LogP contribution is -2.25. The highest BCUT2D eigenvalue weighted by molar-refractivity contribution is 5.40. The van der Waals surface area contributed by atoms with Crippen molar-refractivity contribution < 1.29 is 0 Å². The summed E-state index contributed by atoms with van der Waals surface area (Å²) in [4.78, 5) is 4.40. The van der Waals surface area contributed by atoms with E-state index in [2.05, 4.69) is 46.7 Å². The second-order valence-electron chi connectivity index (χ2n) is 5.41. The fourth-order valence-electron chi connectivity index (χ4n) is 2.96. The van der Waals surface area contributed by atoms with Gasteiger partial charge in [0.15, 0.2) is 0 Å². The number of aryl methyl sites for hydroxylation is 1. The average molecular weight is 252 g/mol. The van der Waals surface area contributed by atoms with Crippen molar-refractivity contribution in [3.05, 3.63) is 65.0 Å². The standard InChI is InChI=1S/C17H20N2/c1-12-7-8-14(11-19-12)17(18-2)10-15-9-13-5-3-4-6-16(13)15/h3-8,11,15,17-18H,9-10H2,1-2H3. The van der Waals surface area contributed by atoms with Gasteiger partial charge in [-0.05, 0) is 55.5 Å². The van der Waals surface area contributed by atoms with Gasteiger partial charge in [-0.25, -0.2) is 0 Å². The van der Waals surface area contributed by atoms with Gasteiger partial charge in [0.05, 0.1) is 0 Å². The SMILES string of the molecule is CNC(CC1Cc2ccccc21)c1ccc(C)nc1. The number of nitrogens with one attached hydrogen (secondary N) is 1. The predicted octanol–water partition coefficient (Wildman–Crippen LogP) is 3.38. The molecule has 1 aromatic heterocycles. The summed E-state index contributed by atoms with van der Waals surface area (Å²) in [5, 5.41) is 3.43. The first kappa shape index (κ1) is 12.4. The number of hydrogen-bond acceptors (Lipinski definition) is 2. The van der Waals surface area contributed by atoms with Crippen LogP contribution in [0.1, 0.15) is 40.8 Å². The largest absolute Gasteiger partial charge is 0.313 e. The summed E-state index contributed by atoms with van der Waals surface area (Å²) in [7, 11) is 2.04. The quantitative estimate of drug-likeness (QED) is 0.902. The van der Waals surface area contributed by atoms with Crippen molar-refractivity contribution in [3.63, 3.8) is 0 Å². The summed E-state index contributed by atoms with van der Waals surface area (Å²) in [6.07, 6.45) is 4.37. The molecule has 3 rings (SSSR count). The van der Waals surface area contributed by atoms with E-state index in [9.17, 15) is 0 Å². The van der Waals surface area contributed by atoms with Crippen LogP contribution in [-0.2, 0) is 6.42 Å². The fourth-order valence-corrected chi connectivity index (χ4v) is 2.96. The number of pyridine rings is 1. The number of fused-ring (bicyclic) bond motifs is 1. The van der Waals surface area contributed by atoms with Gasteiger partial charge in [0.2, 0.25) is 0 Å². The van der Waals surface area contributed by atoms with Crippen molar-refractivity contribution >= 4 is 0 Å². The zero-order chi connectivity index (χ0) is 13.2. The predicted molar refractivity (Wildman–Crippen MR) is 78.3 cm³/mol. The van der Waals surface area contributed by atoms with Gasteiger partial charge in [-0.15, -0.1) is 0 Å². The van der Waals surface area contributed by atoms with Crippen molar-refractivity contribution in [1.82, 2.24) is 10.3 Å².